The number of amides is 1. The highest BCUT2D eigenvalue weighted by atomic mass is 35.5. The Morgan fingerprint density at radius 3 is 2.43 bits per heavy atom. The van der Waals surface area contributed by atoms with Crippen LogP contribution in [0.25, 0.3) is 0 Å². The van der Waals surface area contributed by atoms with E-state index in [0.717, 1.165) is 13.1 Å². The highest BCUT2D eigenvalue weighted by Crippen LogP contribution is 2.21. The van der Waals surface area contributed by atoms with Crippen molar-refractivity contribution in [3.63, 3.8) is 0 Å². The number of aliphatic hydroxyl groups excluding tert-OH is 1. The average molecular weight is 315 g/mol. The van der Waals surface area contributed by atoms with Crippen molar-refractivity contribution >= 4 is 17.5 Å². The number of hydrogen-bond donors (Lipinski definition) is 1. The molecule has 0 aliphatic carbocycles. The number of β-amino-alcohol motifs (C(OH)–C–C–N with tert-alkyl or cyclic N) is 1. The van der Waals surface area contributed by atoms with E-state index in [2.05, 4.69) is 4.90 Å². The second-order valence-electron chi connectivity index (χ2n) is 6.58. The Balaban J connectivity index is 1.84. The predicted octanol–water partition coefficient (Wildman–Crippen LogP) is 2.10. The van der Waals surface area contributed by atoms with Gasteiger partial charge in [0.2, 0.25) is 0 Å². The van der Waals surface area contributed by atoms with E-state index in [0.29, 0.717) is 19.6 Å². The van der Waals surface area contributed by atoms with Crippen LogP contribution in [0.3, 0.4) is 0 Å². The molecule has 1 aromatic rings. The molecule has 0 aromatic carbocycles. The van der Waals surface area contributed by atoms with Crippen LogP contribution >= 0.6 is 11.6 Å². The second-order valence-corrected chi connectivity index (χ2v) is 6.95. The normalized spacial score (nSPS) is 18.8. The minimum Gasteiger partial charge on any atom is -0.440 e. The first kappa shape index (κ1) is 16.3. The summed E-state index contributed by atoms with van der Waals surface area (Å²) < 4.78 is 5.16. The summed E-state index contributed by atoms with van der Waals surface area (Å²) in [4.78, 5) is 16.2. The van der Waals surface area contributed by atoms with E-state index < -0.39 is 0 Å². The molecule has 2 heterocycles. The van der Waals surface area contributed by atoms with Gasteiger partial charge in [0.25, 0.3) is 5.91 Å². The fourth-order valence-corrected chi connectivity index (χ4v) is 2.38. The molecule has 2 rings (SSSR count). The number of nitrogens with zero attached hydrogens (tertiary/aromatic N) is 2. The largest absolute Gasteiger partial charge is 0.440 e. The van der Waals surface area contributed by atoms with Crippen molar-refractivity contribution in [2.75, 3.05) is 32.7 Å². The molecule has 1 aliphatic heterocycles. The molecule has 1 atom stereocenters. The molecule has 1 amide bonds. The molecule has 1 N–H and O–H groups in total. The summed E-state index contributed by atoms with van der Waals surface area (Å²) in [5.41, 5.74) is -0.127. The van der Waals surface area contributed by atoms with Crippen LogP contribution in [0.5, 0.6) is 0 Å². The van der Waals surface area contributed by atoms with Crippen LogP contribution in [0, 0.1) is 5.41 Å². The van der Waals surface area contributed by atoms with Gasteiger partial charge in [-0.2, -0.15) is 0 Å². The van der Waals surface area contributed by atoms with Crippen molar-refractivity contribution in [3.05, 3.63) is 23.1 Å². The summed E-state index contributed by atoms with van der Waals surface area (Å²) in [6, 6.07) is 3.17. The lowest BCUT2D eigenvalue weighted by Crippen LogP contribution is -2.51. The Labute approximate surface area is 130 Å². The van der Waals surface area contributed by atoms with E-state index in [1.807, 2.05) is 20.8 Å². The molecule has 6 heteroatoms. The number of carbonyl (C=O) groups is 1. The number of furan rings is 1. The lowest BCUT2D eigenvalue weighted by atomic mass is 9.89. The Morgan fingerprint density at radius 1 is 1.33 bits per heavy atom. The molecule has 0 saturated carbocycles. The number of rotatable bonds is 3. The van der Waals surface area contributed by atoms with Crippen molar-refractivity contribution in [2.24, 2.45) is 5.41 Å². The monoisotopic (exact) mass is 314 g/mol. The van der Waals surface area contributed by atoms with Gasteiger partial charge < -0.3 is 14.4 Å². The molecule has 0 bridgehead atoms. The summed E-state index contributed by atoms with van der Waals surface area (Å²) in [7, 11) is 0. The predicted molar refractivity (Wildman–Crippen MR) is 81.5 cm³/mol. The summed E-state index contributed by atoms with van der Waals surface area (Å²) in [6.07, 6.45) is -0.372. The molecule has 0 spiro atoms. The summed E-state index contributed by atoms with van der Waals surface area (Å²) >= 11 is 5.69. The zero-order valence-corrected chi connectivity index (χ0v) is 13.6. The van der Waals surface area contributed by atoms with Crippen LogP contribution in [0.1, 0.15) is 31.3 Å². The fraction of sp³-hybridized carbons (Fsp3) is 0.667. The van der Waals surface area contributed by atoms with Gasteiger partial charge in [0.1, 0.15) is 0 Å². The number of carbonyl (C=O) groups excluding carboxylic acids is 1. The van der Waals surface area contributed by atoms with E-state index in [1.54, 1.807) is 17.0 Å². The first-order chi connectivity index (χ1) is 9.77. The van der Waals surface area contributed by atoms with Crippen LogP contribution < -0.4 is 0 Å². The van der Waals surface area contributed by atoms with Gasteiger partial charge in [0.05, 0.1) is 6.10 Å². The van der Waals surface area contributed by atoms with Crippen molar-refractivity contribution in [1.29, 1.82) is 0 Å². The highest BCUT2D eigenvalue weighted by molar-refractivity contribution is 6.29. The van der Waals surface area contributed by atoms with Crippen LogP contribution in [-0.4, -0.2) is 59.6 Å². The van der Waals surface area contributed by atoms with Crippen molar-refractivity contribution in [1.82, 2.24) is 9.80 Å². The molecule has 0 radical (unpaired) electrons. The third kappa shape index (κ3) is 4.22. The van der Waals surface area contributed by atoms with Gasteiger partial charge >= 0.3 is 0 Å². The molecule has 118 valence electrons. The number of piperazine rings is 1. The Bertz CT molecular complexity index is 487. The smallest absolute Gasteiger partial charge is 0.289 e. The lowest BCUT2D eigenvalue weighted by Gasteiger charge is -2.37. The Morgan fingerprint density at radius 2 is 1.95 bits per heavy atom. The fourth-order valence-electron chi connectivity index (χ4n) is 2.24. The number of hydrogen-bond acceptors (Lipinski definition) is 4. The molecule has 21 heavy (non-hydrogen) atoms. The number of aliphatic hydroxyl groups is 1. The minimum atomic E-state index is -0.372. The van der Waals surface area contributed by atoms with Crippen LogP contribution in [-0.2, 0) is 0 Å². The van der Waals surface area contributed by atoms with Crippen LogP contribution in [0.4, 0.5) is 0 Å². The third-order valence-electron chi connectivity index (χ3n) is 3.87. The average Bonchev–Trinajstić information content (AvgIpc) is 2.84. The maximum absolute atomic E-state index is 12.2. The quantitative estimate of drug-likeness (QED) is 0.928. The first-order valence-corrected chi connectivity index (χ1v) is 7.60. The highest BCUT2D eigenvalue weighted by Gasteiger charge is 2.28. The molecule has 1 fully saturated rings. The Kier molecular flexibility index (Phi) is 4.96. The van der Waals surface area contributed by atoms with E-state index in [4.69, 9.17) is 16.0 Å². The van der Waals surface area contributed by atoms with Gasteiger partial charge in [-0.3, -0.25) is 9.69 Å². The van der Waals surface area contributed by atoms with E-state index in [1.165, 1.54) is 0 Å². The molecule has 0 unspecified atom stereocenters. The maximum atomic E-state index is 12.2. The molecular formula is C15H23ClN2O3. The van der Waals surface area contributed by atoms with Gasteiger partial charge in [-0.15, -0.1) is 0 Å². The molecule has 5 nitrogen and oxygen atoms in total. The first-order valence-electron chi connectivity index (χ1n) is 7.22. The van der Waals surface area contributed by atoms with Crippen LogP contribution in [0.2, 0.25) is 5.22 Å². The van der Waals surface area contributed by atoms with Crippen molar-refractivity contribution in [3.8, 4) is 0 Å². The van der Waals surface area contributed by atoms with Gasteiger partial charge in [-0.1, -0.05) is 20.8 Å². The molecule has 1 aliphatic rings. The van der Waals surface area contributed by atoms with Gasteiger partial charge in [0, 0.05) is 32.7 Å². The summed E-state index contributed by atoms with van der Waals surface area (Å²) in [5, 5.41) is 10.4. The van der Waals surface area contributed by atoms with E-state index >= 15 is 0 Å². The lowest BCUT2D eigenvalue weighted by molar-refractivity contribution is 0.0131. The van der Waals surface area contributed by atoms with Gasteiger partial charge in [-0.25, -0.2) is 0 Å². The van der Waals surface area contributed by atoms with Crippen molar-refractivity contribution < 1.29 is 14.3 Å². The molecule has 1 aromatic heterocycles. The second kappa shape index (κ2) is 6.38. The summed E-state index contributed by atoms with van der Waals surface area (Å²) in [6.45, 7) is 9.50. The third-order valence-corrected chi connectivity index (χ3v) is 4.08. The summed E-state index contributed by atoms with van der Waals surface area (Å²) in [5.74, 6) is 0.154. The van der Waals surface area contributed by atoms with E-state index in [-0.39, 0.29) is 28.4 Å². The van der Waals surface area contributed by atoms with E-state index in [9.17, 15) is 9.90 Å². The standard InChI is InChI=1S/C15H23ClN2O3/c1-15(2,3)12(19)10-17-6-8-18(9-7-17)14(20)11-4-5-13(16)21-11/h4-5,12,19H,6-10H2,1-3H3/t12-/m0/s1. The molecular weight excluding hydrogens is 292 g/mol. The zero-order chi connectivity index (χ0) is 15.6. The Hall–Kier alpha value is -1.04. The SMILES string of the molecule is CC(C)(C)[C@@H](O)CN1CCN(C(=O)c2ccc(Cl)o2)CC1. The topological polar surface area (TPSA) is 56.9 Å². The molecule has 1 saturated heterocycles. The van der Waals surface area contributed by atoms with Gasteiger partial charge in [0.15, 0.2) is 11.0 Å². The number of halogens is 1. The minimum absolute atomic E-state index is 0.127. The maximum Gasteiger partial charge on any atom is 0.289 e. The zero-order valence-electron chi connectivity index (χ0n) is 12.8. The van der Waals surface area contributed by atoms with Gasteiger partial charge in [-0.05, 0) is 29.1 Å². The van der Waals surface area contributed by atoms with Crippen molar-refractivity contribution in [2.45, 2.75) is 26.9 Å². The van der Waals surface area contributed by atoms with Crippen LogP contribution in [0.15, 0.2) is 16.5 Å².